The predicted molar refractivity (Wildman–Crippen MR) is 99.8 cm³/mol. The van der Waals surface area contributed by atoms with E-state index < -0.39 is 5.97 Å². The Balaban J connectivity index is 2.67. The Morgan fingerprint density at radius 1 is 0.920 bits per heavy atom. The van der Waals surface area contributed by atoms with Crippen LogP contribution < -0.4 is 0 Å². The van der Waals surface area contributed by atoms with Gasteiger partial charge in [0, 0.05) is 0 Å². The monoisotopic (exact) mass is 348 g/mol. The highest BCUT2D eigenvalue weighted by Crippen LogP contribution is 2.19. The second kappa shape index (κ2) is 11.7. The molecule has 0 aromatic heterocycles. The van der Waals surface area contributed by atoms with E-state index >= 15 is 0 Å². The van der Waals surface area contributed by atoms with Crippen molar-refractivity contribution in [2.75, 3.05) is 6.61 Å². The van der Waals surface area contributed by atoms with E-state index in [0.29, 0.717) is 23.7 Å². The van der Waals surface area contributed by atoms with Crippen molar-refractivity contribution in [1.82, 2.24) is 0 Å². The molecule has 0 heterocycles. The molecule has 0 saturated carbocycles. The molecule has 0 N–H and O–H groups in total. The van der Waals surface area contributed by atoms with Gasteiger partial charge >= 0.3 is 11.9 Å². The van der Waals surface area contributed by atoms with Crippen LogP contribution in [-0.4, -0.2) is 24.6 Å². The van der Waals surface area contributed by atoms with Gasteiger partial charge in [0.05, 0.1) is 17.7 Å². The first-order valence-electron chi connectivity index (χ1n) is 9.53. The fourth-order valence-electron chi connectivity index (χ4n) is 2.74. The second-order valence-electron chi connectivity index (χ2n) is 6.41. The number of benzene rings is 1. The Kier molecular flexibility index (Phi) is 9.90. The summed E-state index contributed by atoms with van der Waals surface area (Å²) in [5, 5.41) is 0. The lowest BCUT2D eigenvalue weighted by atomic mass is 9.95. The van der Waals surface area contributed by atoms with Gasteiger partial charge in [0.15, 0.2) is 0 Å². The molecule has 1 rings (SSSR count). The minimum Gasteiger partial charge on any atom is -0.462 e. The van der Waals surface area contributed by atoms with Crippen LogP contribution in [0, 0.1) is 5.92 Å². The lowest BCUT2D eigenvalue weighted by Crippen LogP contribution is -2.19. The van der Waals surface area contributed by atoms with Crippen molar-refractivity contribution < 1.29 is 19.1 Å². The maximum Gasteiger partial charge on any atom is 0.338 e. The molecule has 0 fully saturated rings. The molecule has 25 heavy (non-hydrogen) atoms. The zero-order valence-corrected chi connectivity index (χ0v) is 16.0. The molecule has 0 bridgehead atoms. The number of rotatable bonds is 11. The summed E-state index contributed by atoms with van der Waals surface area (Å²) in [7, 11) is 0. The number of hydrogen-bond donors (Lipinski definition) is 0. The average Bonchev–Trinajstić information content (AvgIpc) is 2.65. The van der Waals surface area contributed by atoms with Crippen molar-refractivity contribution in [3.63, 3.8) is 0 Å². The fraction of sp³-hybridized carbons (Fsp3) is 0.619. The van der Waals surface area contributed by atoms with Crippen LogP contribution in [0.3, 0.4) is 0 Å². The number of carbonyl (C=O) groups excluding carboxylic acids is 2. The van der Waals surface area contributed by atoms with Crippen LogP contribution in [0.15, 0.2) is 24.3 Å². The summed E-state index contributed by atoms with van der Waals surface area (Å²) < 4.78 is 10.8. The first-order valence-corrected chi connectivity index (χ1v) is 9.53. The van der Waals surface area contributed by atoms with Gasteiger partial charge in [0.2, 0.25) is 0 Å². The Bertz CT molecular complexity index is 534. The summed E-state index contributed by atoms with van der Waals surface area (Å²) in [4.78, 5) is 24.3. The van der Waals surface area contributed by atoms with Gasteiger partial charge < -0.3 is 9.47 Å². The van der Waals surface area contributed by atoms with Crippen LogP contribution in [0.1, 0.15) is 86.9 Å². The molecule has 0 aliphatic carbocycles. The van der Waals surface area contributed by atoms with Gasteiger partial charge in [-0.25, -0.2) is 9.59 Å². The van der Waals surface area contributed by atoms with Crippen molar-refractivity contribution >= 4 is 11.9 Å². The third-order valence-corrected chi connectivity index (χ3v) is 4.55. The minimum absolute atomic E-state index is 0.0798. The normalized spacial score (nSPS) is 12.0. The largest absolute Gasteiger partial charge is 0.462 e. The van der Waals surface area contributed by atoms with E-state index in [1.165, 1.54) is 0 Å². The van der Waals surface area contributed by atoms with E-state index in [1.807, 2.05) is 13.8 Å². The van der Waals surface area contributed by atoms with Crippen molar-refractivity contribution in [3.8, 4) is 0 Å². The topological polar surface area (TPSA) is 52.6 Å². The highest BCUT2D eigenvalue weighted by atomic mass is 16.5. The van der Waals surface area contributed by atoms with Gasteiger partial charge in [0.25, 0.3) is 0 Å². The molecule has 0 saturated heterocycles. The summed E-state index contributed by atoms with van der Waals surface area (Å²) in [6, 6.07) is 6.56. The van der Waals surface area contributed by atoms with Crippen LogP contribution in [0.5, 0.6) is 0 Å². The molecule has 4 nitrogen and oxygen atoms in total. The van der Waals surface area contributed by atoms with E-state index in [4.69, 9.17) is 9.47 Å². The molecule has 1 aromatic rings. The molecule has 1 atom stereocenters. The first-order chi connectivity index (χ1) is 12.0. The molecule has 4 heteroatoms. The number of ether oxygens (including phenoxy) is 2. The van der Waals surface area contributed by atoms with Crippen LogP contribution in [-0.2, 0) is 9.47 Å². The SMILES string of the molecule is CCCOC(=O)c1cccc(C(=O)OC(CC)CCC(CC)CC)c1. The van der Waals surface area contributed by atoms with Crippen molar-refractivity contribution in [1.29, 1.82) is 0 Å². The van der Waals surface area contributed by atoms with Gasteiger partial charge in [-0.05, 0) is 49.8 Å². The zero-order valence-electron chi connectivity index (χ0n) is 16.0. The maximum absolute atomic E-state index is 12.4. The summed E-state index contributed by atoms with van der Waals surface area (Å²) in [5.74, 6) is -0.0942. The van der Waals surface area contributed by atoms with Crippen LogP contribution in [0.25, 0.3) is 0 Å². The molecule has 0 aliphatic rings. The van der Waals surface area contributed by atoms with Crippen molar-refractivity contribution in [2.24, 2.45) is 5.92 Å². The third-order valence-electron chi connectivity index (χ3n) is 4.55. The van der Waals surface area contributed by atoms with Gasteiger partial charge in [-0.3, -0.25) is 0 Å². The van der Waals surface area contributed by atoms with E-state index in [1.54, 1.807) is 24.3 Å². The quantitative estimate of drug-likeness (QED) is 0.502. The lowest BCUT2D eigenvalue weighted by Gasteiger charge is -2.19. The molecule has 1 unspecified atom stereocenters. The highest BCUT2D eigenvalue weighted by Gasteiger charge is 2.17. The number of carbonyl (C=O) groups is 2. The Labute approximate surface area is 151 Å². The molecular formula is C21H32O4. The standard InChI is InChI=1S/C21H32O4/c1-5-14-24-20(22)17-10-9-11-18(15-17)21(23)25-19(8-4)13-12-16(6-2)7-3/h9-11,15-16,19H,5-8,12-14H2,1-4H3. The molecule has 0 aliphatic heterocycles. The summed E-state index contributed by atoms with van der Waals surface area (Å²) in [6.07, 6.45) is 5.75. The molecular weight excluding hydrogens is 316 g/mol. The van der Waals surface area contributed by atoms with Crippen molar-refractivity contribution in [3.05, 3.63) is 35.4 Å². The number of esters is 2. The van der Waals surface area contributed by atoms with E-state index in [9.17, 15) is 9.59 Å². The first kappa shape index (κ1) is 21.2. The smallest absolute Gasteiger partial charge is 0.338 e. The van der Waals surface area contributed by atoms with Crippen molar-refractivity contribution in [2.45, 2.75) is 72.3 Å². The zero-order chi connectivity index (χ0) is 18.7. The van der Waals surface area contributed by atoms with Gasteiger partial charge in [-0.15, -0.1) is 0 Å². The van der Waals surface area contributed by atoms with Gasteiger partial charge in [0.1, 0.15) is 6.10 Å². The Morgan fingerprint density at radius 2 is 1.56 bits per heavy atom. The molecule has 0 radical (unpaired) electrons. The van der Waals surface area contributed by atoms with Crippen LogP contribution in [0.4, 0.5) is 0 Å². The third kappa shape index (κ3) is 7.29. The molecule has 1 aromatic carbocycles. The lowest BCUT2D eigenvalue weighted by molar-refractivity contribution is 0.0257. The highest BCUT2D eigenvalue weighted by molar-refractivity contribution is 5.95. The Hall–Kier alpha value is -1.84. The second-order valence-corrected chi connectivity index (χ2v) is 6.41. The predicted octanol–water partition coefficient (Wildman–Crippen LogP) is 5.41. The summed E-state index contributed by atoms with van der Waals surface area (Å²) >= 11 is 0. The van der Waals surface area contributed by atoms with Crippen LogP contribution in [0.2, 0.25) is 0 Å². The molecule has 140 valence electrons. The fourth-order valence-corrected chi connectivity index (χ4v) is 2.74. The minimum atomic E-state index is -0.405. The van der Waals surface area contributed by atoms with E-state index in [-0.39, 0.29) is 12.1 Å². The molecule has 0 spiro atoms. The Morgan fingerprint density at radius 3 is 2.12 bits per heavy atom. The number of hydrogen-bond acceptors (Lipinski definition) is 4. The summed E-state index contributed by atoms with van der Waals surface area (Å²) in [6.45, 7) is 8.74. The maximum atomic E-state index is 12.4. The van der Waals surface area contributed by atoms with Crippen LogP contribution >= 0.6 is 0 Å². The van der Waals surface area contributed by atoms with E-state index in [0.717, 1.165) is 38.5 Å². The van der Waals surface area contributed by atoms with Gasteiger partial charge in [-0.1, -0.05) is 46.6 Å². The summed E-state index contributed by atoms with van der Waals surface area (Å²) in [5.41, 5.74) is 0.778. The molecule has 0 amide bonds. The average molecular weight is 348 g/mol. The van der Waals surface area contributed by atoms with E-state index in [2.05, 4.69) is 13.8 Å². The van der Waals surface area contributed by atoms with Gasteiger partial charge in [-0.2, -0.15) is 0 Å².